The summed E-state index contributed by atoms with van der Waals surface area (Å²) < 4.78 is 15.8. The minimum Gasteiger partial charge on any atom is -0.497 e. The summed E-state index contributed by atoms with van der Waals surface area (Å²) in [6.07, 6.45) is -1.49. The van der Waals surface area contributed by atoms with Gasteiger partial charge in [-0.1, -0.05) is 49.4 Å². The van der Waals surface area contributed by atoms with Crippen molar-refractivity contribution in [3.05, 3.63) is 65.7 Å². The third-order valence-corrected chi connectivity index (χ3v) is 5.37. The summed E-state index contributed by atoms with van der Waals surface area (Å²) >= 11 is 0. The Kier molecular flexibility index (Phi) is 7.26. The predicted molar refractivity (Wildman–Crippen MR) is 122 cm³/mol. The zero-order valence-electron chi connectivity index (χ0n) is 19.5. The first kappa shape index (κ1) is 24.1. The average Bonchev–Trinajstić information content (AvgIpc) is 3.17. The first-order valence-corrected chi connectivity index (χ1v) is 10.8. The fraction of sp³-hybridized carbons (Fsp3) is 0.400. The number of hydrogen-bond acceptors (Lipinski definition) is 6. The molecule has 3 atom stereocenters. The normalized spacial score (nSPS) is 17.7. The number of carbonyl (C=O) groups excluding carboxylic acids is 3. The van der Waals surface area contributed by atoms with Gasteiger partial charge in [0, 0.05) is 5.92 Å². The van der Waals surface area contributed by atoms with Crippen LogP contribution in [0, 0.1) is 0 Å². The Bertz CT molecular complexity index is 984. The first-order valence-electron chi connectivity index (χ1n) is 10.8. The fourth-order valence-electron chi connectivity index (χ4n) is 3.67. The summed E-state index contributed by atoms with van der Waals surface area (Å²) in [5.41, 5.74) is 0.805. The largest absolute Gasteiger partial charge is 0.497 e. The highest BCUT2D eigenvalue weighted by molar-refractivity contribution is 5.98. The number of benzene rings is 2. The Morgan fingerprint density at radius 3 is 2.30 bits per heavy atom. The van der Waals surface area contributed by atoms with Gasteiger partial charge in [-0.2, -0.15) is 0 Å². The van der Waals surface area contributed by atoms with Crippen LogP contribution in [0.4, 0.5) is 9.59 Å². The zero-order valence-corrected chi connectivity index (χ0v) is 19.5. The van der Waals surface area contributed by atoms with E-state index in [-0.39, 0.29) is 6.61 Å². The molecule has 2 aromatic carbocycles. The van der Waals surface area contributed by atoms with Gasteiger partial charge >= 0.3 is 12.2 Å². The number of cyclic esters (lactones) is 1. The van der Waals surface area contributed by atoms with Crippen molar-refractivity contribution in [3.8, 4) is 5.75 Å². The molecule has 0 saturated carbocycles. The lowest BCUT2D eigenvalue weighted by Gasteiger charge is -2.30. The molecule has 33 heavy (non-hydrogen) atoms. The molecule has 1 fully saturated rings. The fourth-order valence-corrected chi connectivity index (χ4v) is 3.67. The number of hydrogen-bond donors (Lipinski definition) is 1. The van der Waals surface area contributed by atoms with E-state index in [4.69, 9.17) is 14.2 Å². The van der Waals surface area contributed by atoms with Crippen LogP contribution in [0.25, 0.3) is 0 Å². The summed E-state index contributed by atoms with van der Waals surface area (Å²) in [6, 6.07) is 14.7. The van der Waals surface area contributed by atoms with E-state index >= 15 is 0 Å². The lowest BCUT2D eigenvalue weighted by Crippen LogP contribution is -2.52. The molecule has 0 radical (unpaired) electrons. The molecule has 176 valence electrons. The van der Waals surface area contributed by atoms with Crippen molar-refractivity contribution in [3.63, 3.8) is 0 Å². The Morgan fingerprint density at radius 1 is 1.09 bits per heavy atom. The SMILES string of the molecule is COc1ccc([C@@H](C)[C@H](NC(=O)OC(C)(C)C)C(=O)N2C(=O)OC[C@H]2c2ccccc2)cc1. The number of imide groups is 1. The maximum Gasteiger partial charge on any atom is 0.417 e. The Labute approximate surface area is 193 Å². The third kappa shape index (κ3) is 5.83. The van der Waals surface area contributed by atoms with Crippen molar-refractivity contribution in [2.24, 2.45) is 0 Å². The maximum absolute atomic E-state index is 13.7. The molecule has 2 aromatic rings. The molecule has 1 aliphatic rings. The molecular formula is C25H30N2O6. The first-order chi connectivity index (χ1) is 15.6. The molecule has 0 unspecified atom stereocenters. The monoisotopic (exact) mass is 454 g/mol. The number of nitrogens with one attached hydrogen (secondary N) is 1. The smallest absolute Gasteiger partial charge is 0.417 e. The molecule has 8 nitrogen and oxygen atoms in total. The van der Waals surface area contributed by atoms with Crippen molar-refractivity contribution in [2.45, 2.75) is 51.3 Å². The average molecular weight is 455 g/mol. The lowest BCUT2D eigenvalue weighted by atomic mass is 9.91. The van der Waals surface area contributed by atoms with Gasteiger partial charge < -0.3 is 19.5 Å². The van der Waals surface area contributed by atoms with Crippen LogP contribution in [0.5, 0.6) is 5.75 Å². The number of methoxy groups -OCH3 is 1. The number of ether oxygens (including phenoxy) is 3. The van der Waals surface area contributed by atoms with Gasteiger partial charge in [0.25, 0.3) is 5.91 Å². The summed E-state index contributed by atoms with van der Waals surface area (Å²) in [7, 11) is 1.57. The van der Waals surface area contributed by atoms with E-state index in [2.05, 4.69) is 5.32 Å². The van der Waals surface area contributed by atoms with E-state index in [9.17, 15) is 14.4 Å². The van der Waals surface area contributed by atoms with Crippen LogP contribution in [0.1, 0.15) is 50.8 Å². The van der Waals surface area contributed by atoms with Gasteiger partial charge in [0.15, 0.2) is 0 Å². The molecule has 0 bridgehead atoms. The van der Waals surface area contributed by atoms with Gasteiger partial charge in [0.1, 0.15) is 30.0 Å². The molecule has 1 heterocycles. The number of nitrogens with zero attached hydrogens (tertiary/aromatic N) is 1. The highest BCUT2D eigenvalue weighted by atomic mass is 16.6. The molecule has 1 N–H and O–H groups in total. The molecular weight excluding hydrogens is 424 g/mol. The Morgan fingerprint density at radius 2 is 1.73 bits per heavy atom. The van der Waals surface area contributed by atoms with Crippen LogP contribution >= 0.6 is 0 Å². The van der Waals surface area contributed by atoms with E-state index in [1.165, 1.54) is 0 Å². The van der Waals surface area contributed by atoms with Gasteiger partial charge in [-0.05, 0) is 44.0 Å². The minimum atomic E-state index is -1.06. The minimum absolute atomic E-state index is 0.0463. The van der Waals surface area contributed by atoms with Crippen LogP contribution in [0.2, 0.25) is 0 Å². The van der Waals surface area contributed by atoms with Crippen molar-refractivity contribution in [2.75, 3.05) is 13.7 Å². The van der Waals surface area contributed by atoms with Gasteiger partial charge in [-0.25, -0.2) is 14.5 Å². The van der Waals surface area contributed by atoms with E-state index in [1.807, 2.05) is 42.5 Å². The molecule has 0 aliphatic carbocycles. The molecule has 8 heteroatoms. The van der Waals surface area contributed by atoms with Crippen molar-refractivity contribution < 1.29 is 28.6 Å². The molecule has 3 rings (SSSR count). The number of alkyl carbamates (subject to hydrolysis) is 1. The zero-order chi connectivity index (χ0) is 24.2. The highest BCUT2D eigenvalue weighted by Crippen LogP contribution is 2.31. The second kappa shape index (κ2) is 9.94. The van der Waals surface area contributed by atoms with E-state index in [0.29, 0.717) is 5.75 Å². The van der Waals surface area contributed by atoms with Crippen molar-refractivity contribution in [1.82, 2.24) is 10.2 Å². The summed E-state index contributed by atoms with van der Waals surface area (Å²) in [5.74, 6) is -0.373. The van der Waals surface area contributed by atoms with Crippen LogP contribution in [0.3, 0.4) is 0 Å². The van der Waals surface area contributed by atoms with E-state index in [0.717, 1.165) is 16.0 Å². The quantitative estimate of drug-likeness (QED) is 0.695. The van der Waals surface area contributed by atoms with Crippen molar-refractivity contribution in [1.29, 1.82) is 0 Å². The topological polar surface area (TPSA) is 94.2 Å². The second-order valence-electron chi connectivity index (χ2n) is 8.90. The van der Waals surface area contributed by atoms with Crippen LogP contribution < -0.4 is 10.1 Å². The lowest BCUT2D eigenvalue weighted by molar-refractivity contribution is -0.132. The molecule has 0 spiro atoms. The molecule has 3 amide bonds. The van der Waals surface area contributed by atoms with Crippen molar-refractivity contribution >= 4 is 18.1 Å². The van der Waals surface area contributed by atoms with Crippen LogP contribution in [-0.2, 0) is 14.3 Å². The molecule has 1 saturated heterocycles. The molecule has 0 aromatic heterocycles. The highest BCUT2D eigenvalue weighted by Gasteiger charge is 2.44. The summed E-state index contributed by atoms with van der Waals surface area (Å²) in [5, 5.41) is 2.68. The van der Waals surface area contributed by atoms with E-state index < -0.39 is 41.7 Å². The van der Waals surface area contributed by atoms with Gasteiger partial charge in [-0.15, -0.1) is 0 Å². The number of rotatable bonds is 6. The second-order valence-corrected chi connectivity index (χ2v) is 8.90. The standard InChI is InChI=1S/C25H30N2O6/c1-16(17-11-13-19(31-5)14-12-17)21(26-23(29)33-25(2,3)4)22(28)27-20(15-32-24(27)30)18-9-7-6-8-10-18/h6-14,16,20-21H,15H2,1-5H3,(H,26,29)/t16-,20+,21+/m1/s1. The number of amides is 3. The van der Waals surface area contributed by atoms with Gasteiger partial charge in [0.05, 0.1) is 7.11 Å². The summed E-state index contributed by atoms with van der Waals surface area (Å²) in [6.45, 7) is 7.06. The Balaban J connectivity index is 1.93. The van der Waals surface area contributed by atoms with Gasteiger partial charge in [-0.3, -0.25) is 4.79 Å². The predicted octanol–water partition coefficient (Wildman–Crippen LogP) is 4.41. The third-order valence-electron chi connectivity index (χ3n) is 5.37. The van der Waals surface area contributed by atoms with Crippen LogP contribution in [0.15, 0.2) is 54.6 Å². The molecule has 1 aliphatic heterocycles. The van der Waals surface area contributed by atoms with E-state index in [1.54, 1.807) is 46.9 Å². The maximum atomic E-state index is 13.7. The van der Waals surface area contributed by atoms with Gasteiger partial charge in [0.2, 0.25) is 0 Å². The number of carbonyl (C=O) groups is 3. The van der Waals surface area contributed by atoms with Crippen LogP contribution in [-0.4, -0.2) is 48.4 Å². The summed E-state index contributed by atoms with van der Waals surface area (Å²) in [4.78, 5) is 40.0. The Hall–Kier alpha value is -3.55.